The molecule has 4 aliphatic rings. The van der Waals surface area contributed by atoms with E-state index in [2.05, 4.69) is 13.8 Å². The molecule has 138 valence electrons. The summed E-state index contributed by atoms with van der Waals surface area (Å²) in [7, 11) is 1.46. The lowest BCUT2D eigenvalue weighted by atomic mass is 9.44. The van der Waals surface area contributed by atoms with Crippen molar-refractivity contribution in [3.8, 4) is 0 Å². The fourth-order valence-electron chi connectivity index (χ4n) is 7.39. The summed E-state index contributed by atoms with van der Waals surface area (Å²) in [6, 6.07) is 0. The lowest BCUT2D eigenvalue weighted by molar-refractivity contribution is -0.165. The standard InChI is InChI=1S/C21H30O4/c1-20-9-8-13(22)10-12(20)4-5-14-15-6-7-16(19(24)25-3)21(15,2)11-17(23)18(14)20/h12,14-16,18H,4-11H2,1-3H3/t12-,14-,15-,16+,18+,20+,21-/m1/s1. The molecular formula is C21H30O4. The van der Waals surface area contributed by atoms with E-state index in [1.54, 1.807) is 0 Å². The van der Waals surface area contributed by atoms with Gasteiger partial charge in [-0.05, 0) is 60.7 Å². The van der Waals surface area contributed by atoms with E-state index >= 15 is 0 Å². The predicted molar refractivity (Wildman–Crippen MR) is 92.6 cm³/mol. The van der Waals surface area contributed by atoms with Gasteiger partial charge in [-0.3, -0.25) is 14.4 Å². The van der Waals surface area contributed by atoms with Crippen LogP contribution in [-0.4, -0.2) is 24.6 Å². The second-order valence-corrected chi connectivity index (χ2v) is 9.57. The molecular weight excluding hydrogens is 316 g/mol. The van der Waals surface area contributed by atoms with E-state index in [-0.39, 0.29) is 28.6 Å². The van der Waals surface area contributed by atoms with E-state index in [0.717, 1.165) is 32.1 Å². The summed E-state index contributed by atoms with van der Waals surface area (Å²) >= 11 is 0. The number of Topliss-reactive ketones (excluding diaryl/α,β-unsaturated/α-hetero) is 2. The lowest BCUT2D eigenvalue weighted by Gasteiger charge is -2.59. The Kier molecular flexibility index (Phi) is 3.90. The van der Waals surface area contributed by atoms with Crippen LogP contribution in [0.25, 0.3) is 0 Å². The number of ketones is 2. The van der Waals surface area contributed by atoms with Gasteiger partial charge < -0.3 is 4.74 Å². The highest BCUT2D eigenvalue weighted by Gasteiger charge is 2.64. The Morgan fingerprint density at radius 1 is 1.08 bits per heavy atom. The fourth-order valence-corrected chi connectivity index (χ4v) is 7.39. The molecule has 0 amide bonds. The van der Waals surface area contributed by atoms with Crippen molar-refractivity contribution in [1.82, 2.24) is 0 Å². The minimum Gasteiger partial charge on any atom is -0.469 e. The molecule has 25 heavy (non-hydrogen) atoms. The Morgan fingerprint density at radius 3 is 2.56 bits per heavy atom. The number of fused-ring (bicyclic) bond motifs is 5. The minimum atomic E-state index is -0.237. The molecule has 4 saturated carbocycles. The van der Waals surface area contributed by atoms with E-state index in [9.17, 15) is 14.4 Å². The van der Waals surface area contributed by atoms with Gasteiger partial charge in [0.2, 0.25) is 0 Å². The molecule has 0 spiro atoms. The van der Waals surface area contributed by atoms with Crippen molar-refractivity contribution in [2.45, 2.75) is 65.2 Å². The third kappa shape index (κ3) is 2.28. The first-order valence-corrected chi connectivity index (χ1v) is 9.93. The summed E-state index contributed by atoms with van der Waals surface area (Å²) in [6.45, 7) is 4.42. The van der Waals surface area contributed by atoms with Gasteiger partial charge in [-0.15, -0.1) is 0 Å². The Balaban J connectivity index is 1.67. The summed E-state index contributed by atoms with van der Waals surface area (Å²) < 4.78 is 5.05. The molecule has 0 unspecified atom stereocenters. The van der Waals surface area contributed by atoms with Gasteiger partial charge in [0.15, 0.2) is 0 Å². The number of hydrogen-bond donors (Lipinski definition) is 0. The van der Waals surface area contributed by atoms with E-state index in [0.29, 0.717) is 48.6 Å². The zero-order valence-electron chi connectivity index (χ0n) is 15.7. The van der Waals surface area contributed by atoms with Crippen LogP contribution < -0.4 is 0 Å². The molecule has 4 fully saturated rings. The molecule has 0 bridgehead atoms. The van der Waals surface area contributed by atoms with Gasteiger partial charge in [0.1, 0.15) is 11.6 Å². The Labute approximate surface area is 150 Å². The minimum absolute atomic E-state index is 0.0153. The third-order valence-corrected chi connectivity index (χ3v) is 8.65. The molecule has 4 rings (SSSR count). The van der Waals surface area contributed by atoms with E-state index in [1.807, 2.05) is 0 Å². The highest BCUT2D eigenvalue weighted by Crippen LogP contribution is 2.66. The van der Waals surface area contributed by atoms with Crippen molar-refractivity contribution < 1.29 is 19.1 Å². The molecule has 4 nitrogen and oxygen atoms in total. The van der Waals surface area contributed by atoms with Crippen molar-refractivity contribution >= 4 is 17.5 Å². The number of hydrogen-bond acceptors (Lipinski definition) is 4. The van der Waals surface area contributed by atoms with Crippen LogP contribution in [0.3, 0.4) is 0 Å². The van der Waals surface area contributed by atoms with Crippen molar-refractivity contribution in [3.63, 3.8) is 0 Å². The molecule has 0 heterocycles. The van der Waals surface area contributed by atoms with Gasteiger partial charge in [-0.1, -0.05) is 13.8 Å². The second kappa shape index (κ2) is 5.65. The summed E-state index contributed by atoms with van der Waals surface area (Å²) in [6.07, 6.45) is 6.66. The molecule has 4 heteroatoms. The van der Waals surface area contributed by atoms with Crippen LogP contribution in [0.5, 0.6) is 0 Å². The average molecular weight is 346 g/mol. The molecule has 0 aromatic rings. The molecule has 7 atom stereocenters. The van der Waals surface area contributed by atoms with Gasteiger partial charge in [0.25, 0.3) is 0 Å². The van der Waals surface area contributed by atoms with Crippen LogP contribution >= 0.6 is 0 Å². The van der Waals surface area contributed by atoms with Crippen LogP contribution in [-0.2, 0) is 19.1 Å². The number of methoxy groups -OCH3 is 1. The lowest BCUT2D eigenvalue weighted by Crippen LogP contribution is -2.57. The summed E-state index contributed by atoms with van der Waals surface area (Å²) in [5, 5.41) is 0. The van der Waals surface area contributed by atoms with E-state index < -0.39 is 0 Å². The quantitative estimate of drug-likeness (QED) is 0.681. The van der Waals surface area contributed by atoms with Gasteiger partial charge >= 0.3 is 5.97 Å². The monoisotopic (exact) mass is 346 g/mol. The summed E-state index contributed by atoms with van der Waals surface area (Å²) in [4.78, 5) is 37.6. The van der Waals surface area contributed by atoms with Gasteiger partial charge in [0, 0.05) is 25.2 Å². The molecule has 0 aromatic carbocycles. The summed E-state index contributed by atoms with van der Waals surface area (Å²) in [5.74, 6) is 1.74. The Hall–Kier alpha value is -1.19. The largest absolute Gasteiger partial charge is 0.469 e. The Bertz CT molecular complexity index is 625. The number of carbonyl (C=O) groups is 3. The zero-order valence-corrected chi connectivity index (χ0v) is 15.7. The topological polar surface area (TPSA) is 60.4 Å². The maximum Gasteiger partial charge on any atom is 0.309 e. The van der Waals surface area contributed by atoms with Crippen molar-refractivity contribution in [2.24, 2.45) is 40.4 Å². The molecule has 0 aromatic heterocycles. The first-order chi connectivity index (χ1) is 11.8. The maximum absolute atomic E-state index is 13.3. The highest BCUT2D eigenvalue weighted by molar-refractivity contribution is 5.87. The van der Waals surface area contributed by atoms with Crippen LogP contribution in [0.1, 0.15) is 65.2 Å². The predicted octanol–water partition coefficient (Wildman–Crippen LogP) is 3.57. The highest BCUT2D eigenvalue weighted by atomic mass is 16.5. The van der Waals surface area contributed by atoms with E-state index in [4.69, 9.17) is 4.74 Å². The normalized spacial score (nSPS) is 49.2. The molecule has 0 saturated heterocycles. The maximum atomic E-state index is 13.3. The molecule has 0 aliphatic heterocycles. The molecule has 0 radical (unpaired) electrons. The number of carbonyl (C=O) groups excluding carboxylic acids is 3. The smallest absolute Gasteiger partial charge is 0.309 e. The first-order valence-electron chi connectivity index (χ1n) is 9.93. The Morgan fingerprint density at radius 2 is 1.84 bits per heavy atom. The third-order valence-electron chi connectivity index (χ3n) is 8.65. The van der Waals surface area contributed by atoms with Gasteiger partial charge in [-0.25, -0.2) is 0 Å². The number of esters is 1. The van der Waals surface area contributed by atoms with Crippen molar-refractivity contribution in [2.75, 3.05) is 7.11 Å². The van der Waals surface area contributed by atoms with Crippen LogP contribution in [0.2, 0.25) is 0 Å². The number of rotatable bonds is 1. The van der Waals surface area contributed by atoms with Crippen LogP contribution in [0.4, 0.5) is 0 Å². The van der Waals surface area contributed by atoms with E-state index in [1.165, 1.54) is 7.11 Å². The fraction of sp³-hybridized carbons (Fsp3) is 0.857. The van der Waals surface area contributed by atoms with Gasteiger partial charge in [0.05, 0.1) is 13.0 Å². The first kappa shape index (κ1) is 17.2. The van der Waals surface area contributed by atoms with Gasteiger partial charge in [-0.2, -0.15) is 0 Å². The van der Waals surface area contributed by atoms with Crippen molar-refractivity contribution in [3.05, 3.63) is 0 Å². The van der Waals surface area contributed by atoms with Crippen molar-refractivity contribution in [1.29, 1.82) is 0 Å². The number of ether oxygens (including phenoxy) is 1. The average Bonchev–Trinajstić information content (AvgIpc) is 2.91. The SMILES string of the molecule is COC(=O)[C@@H]1CC[C@@H]2[C@H]3CC[C@@H]4CC(=O)CC[C@]4(C)[C@@H]3C(=O)C[C@]21C. The summed E-state index contributed by atoms with van der Waals surface area (Å²) in [5.41, 5.74) is -0.252. The molecule has 0 N–H and O–H groups in total. The van der Waals surface area contributed by atoms with Crippen LogP contribution in [0.15, 0.2) is 0 Å². The molecule has 4 aliphatic carbocycles. The zero-order chi connectivity index (χ0) is 18.0. The second-order valence-electron chi connectivity index (χ2n) is 9.57. The van der Waals surface area contributed by atoms with Crippen LogP contribution in [0, 0.1) is 40.4 Å².